The summed E-state index contributed by atoms with van der Waals surface area (Å²) in [5, 5.41) is 2.65. The second-order valence-corrected chi connectivity index (χ2v) is 4.61. The largest absolute Gasteiger partial charge is 0.454 e. The smallest absolute Gasteiger partial charge is 0.231 e. The zero-order chi connectivity index (χ0) is 14.8. The molecule has 5 nitrogen and oxygen atoms in total. The number of hydrogen-bond acceptors (Lipinski definition) is 4. The number of amides is 1. The highest BCUT2D eigenvalue weighted by Gasteiger charge is 2.17. The Labute approximate surface area is 120 Å². The fourth-order valence-corrected chi connectivity index (χ4v) is 2.08. The van der Waals surface area contributed by atoms with Gasteiger partial charge in [-0.05, 0) is 11.6 Å². The third-order valence-electron chi connectivity index (χ3n) is 3.13. The average molecular weight is 288 g/mol. The van der Waals surface area contributed by atoms with Crippen LogP contribution < -0.4 is 20.5 Å². The van der Waals surface area contributed by atoms with Crippen LogP contribution in [0.3, 0.4) is 0 Å². The first-order valence-corrected chi connectivity index (χ1v) is 6.36. The van der Waals surface area contributed by atoms with Gasteiger partial charge in [0.25, 0.3) is 0 Å². The number of nitrogens with two attached hydrogens (primary N) is 1. The van der Waals surface area contributed by atoms with Gasteiger partial charge >= 0.3 is 0 Å². The molecule has 3 rings (SSSR count). The molecule has 1 heterocycles. The summed E-state index contributed by atoms with van der Waals surface area (Å²) in [5.41, 5.74) is 6.95. The molecule has 0 atom stereocenters. The summed E-state index contributed by atoms with van der Waals surface area (Å²) < 4.78 is 23.9. The summed E-state index contributed by atoms with van der Waals surface area (Å²) in [7, 11) is 0. The molecule has 2 aromatic carbocycles. The van der Waals surface area contributed by atoms with Crippen LogP contribution in [0.2, 0.25) is 0 Å². The fraction of sp³-hybridized carbons (Fsp3) is 0.133. The Balaban J connectivity index is 1.75. The number of nitrogen functional groups attached to an aromatic ring is 1. The Kier molecular flexibility index (Phi) is 3.35. The number of carbonyl (C=O) groups excluding carboxylic acids is 1. The van der Waals surface area contributed by atoms with Crippen LogP contribution >= 0.6 is 0 Å². The van der Waals surface area contributed by atoms with Crippen LogP contribution in [0, 0.1) is 5.82 Å². The van der Waals surface area contributed by atoms with Crippen molar-refractivity contribution in [2.24, 2.45) is 0 Å². The summed E-state index contributed by atoms with van der Waals surface area (Å²) in [6.07, 6.45) is -0.0689. The minimum absolute atomic E-state index is 0.0689. The van der Waals surface area contributed by atoms with Crippen LogP contribution in [-0.4, -0.2) is 12.7 Å². The van der Waals surface area contributed by atoms with E-state index in [9.17, 15) is 9.18 Å². The highest BCUT2D eigenvalue weighted by molar-refractivity contribution is 5.95. The van der Waals surface area contributed by atoms with E-state index in [0.29, 0.717) is 28.4 Å². The number of carbonyl (C=O) groups is 1. The highest BCUT2D eigenvalue weighted by Crippen LogP contribution is 2.38. The molecule has 0 aliphatic carbocycles. The molecule has 0 fully saturated rings. The van der Waals surface area contributed by atoms with E-state index in [4.69, 9.17) is 15.2 Å². The molecule has 3 N–H and O–H groups in total. The minimum atomic E-state index is -0.411. The standard InChI is InChI=1S/C15H13FN2O3/c16-10-4-2-1-3-9(10)5-15(19)18-12-7-14-13(6-11(12)17)20-8-21-14/h1-4,6-7H,5,8,17H2,(H,18,19). The van der Waals surface area contributed by atoms with Crippen LogP contribution in [0.5, 0.6) is 11.5 Å². The van der Waals surface area contributed by atoms with E-state index in [0.717, 1.165) is 0 Å². The van der Waals surface area contributed by atoms with E-state index in [1.54, 1.807) is 30.3 Å². The van der Waals surface area contributed by atoms with E-state index in [1.165, 1.54) is 6.07 Å². The fourth-order valence-electron chi connectivity index (χ4n) is 2.08. The second kappa shape index (κ2) is 5.32. The lowest BCUT2D eigenvalue weighted by Gasteiger charge is -2.09. The molecule has 2 aromatic rings. The first-order chi connectivity index (χ1) is 10.1. The molecule has 0 saturated heterocycles. The monoisotopic (exact) mass is 288 g/mol. The van der Waals surface area contributed by atoms with Crippen molar-refractivity contribution in [3.8, 4) is 11.5 Å². The van der Waals surface area contributed by atoms with Crippen molar-refractivity contribution in [1.29, 1.82) is 0 Å². The molecule has 1 amide bonds. The third-order valence-corrected chi connectivity index (χ3v) is 3.13. The van der Waals surface area contributed by atoms with Crippen molar-refractivity contribution in [3.05, 3.63) is 47.8 Å². The van der Waals surface area contributed by atoms with Gasteiger partial charge in [-0.15, -0.1) is 0 Å². The number of nitrogens with one attached hydrogen (secondary N) is 1. The lowest BCUT2D eigenvalue weighted by molar-refractivity contribution is -0.115. The van der Waals surface area contributed by atoms with Crippen molar-refractivity contribution in [1.82, 2.24) is 0 Å². The number of halogens is 1. The van der Waals surface area contributed by atoms with Crippen molar-refractivity contribution in [2.45, 2.75) is 6.42 Å². The van der Waals surface area contributed by atoms with Crippen molar-refractivity contribution < 1.29 is 18.7 Å². The number of benzene rings is 2. The van der Waals surface area contributed by atoms with Crippen LogP contribution in [0.15, 0.2) is 36.4 Å². The summed E-state index contributed by atoms with van der Waals surface area (Å²) in [6, 6.07) is 9.32. The summed E-state index contributed by atoms with van der Waals surface area (Å²) in [4.78, 5) is 12.0. The first kappa shape index (κ1) is 13.2. The number of hydrogen-bond donors (Lipinski definition) is 2. The molecule has 6 heteroatoms. The van der Waals surface area contributed by atoms with Gasteiger partial charge in [0.05, 0.1) is 17.8 Å². The van der Waals surface area contributed by atoms with Crippen LogP contribution in [0.25, 0.3) is 0 Å². The van der Waals surface area contributed by atoms with Crippen LogP contribution in [-0.2, 0) is 11.2 Å². The molecule has 1 aliphatic heterocycles. The Morgan fingerprint density at radius 3 is 2.71 bits per heavy atom. The molecule has 0 saturated carbocycles. The van der Waals surface area contributed by atoms with Gasteiger partial charge in [0, 0.05) is 12.1 Å². The molecule has 0 unspecified atom stereocenters. The molecule has 0 bridgehead atoms. The molecule has 0 spiro atoms. The average Bonchev–Trinajstić information content (AvgIpc) is 2.89. The Bertz CT molecular complexity index is 703. The second-order valence-electron chi connectivity index (χ2n) is 4.61. The minimum Gasteiger partial charge on any atom is -0.454 e. The summed E-state index contributed by atoms with van der Waals surface area (Å²) in [5.74, 6) is 0.293. The maximum absolute atomic E-state index is 13.5. The van der Waals surface area contributed by atoms with Crippen LogP contribution in [0.1, 0.15) is 5.56 Å². The van der Waals surface area contributed by atoms with Gasteiger partial charge in [-0.1, -0.05) is 18.2 Å². The van der Waals surface area contributed by atoms with Crippen molar-refractivity contribution >= 4 is 17.3 Å². The van der Waals surface area contributed by atoms with Gasteiger partial charge in [-0.2, -0.15) is 0 Å². The number of anilines is 2. The molecule has 0 radical (unpaired) electrons. The quantitative estimate of drug-likeness (QED) is 0.850. The highest BCUT2D eigenvalue weighted by atomic mass is 19.1. The Morgan fingerprint density at radius 1 is 1.24 bits per heavy atom. The zero-order valence-electron chi connectivity index (χ0n) is 11.1. The third kappa shape index (κ3) is 2.74. The van der Waals surface area contributed by atoms with Gasteiger partial charge in [0.1, 0.15) is 5.82 Å². The van der Waals surface area contributed by atoms with E-state index in [1.807, 2.05) is 0 Å². The van der Waals surface area contributed by atoms with E-state index in [2.05, 4.69) is 5.32 Å². The van der Waals surface area contributed by atoms with Gasteiger partial charge in [-0.3, -0.25) is 4.79 Å². The van der Waals surface area contributed by atoms with Gasteiger partial charge < -0.3 is 20.5 Å². The van der Waals surface area contributed by atoms with Crippen molar-refractivity contribution in [2.75, 3.05) is 17.8 Å². The maximum atomic E-state index is 13.5. The number of ether oxygens (including phenoxy) is 2. The zero-order valence-corrected chi connectivity index (χ0v) is 11.1. The first-order valence-electron chi connectivity index (χ1n) is 6.36. The van der Waals surface area contributed by atoms with Gasteiger partial charge in [0.2, 0.25) is 12.7 Å². The molecule has 0 aromatic heterocycles. The predicted molar refractivity (Wildman–Crippen MR) is 75.7 cm³/mol. The molecule has 1 aliphatic rings. The van der Waals surface area contributed by atoms with Crippen molar-refractivity contribution in [3.63, 3.8) is 0 Å². The number of rotatable bonds is 3. The maximum Gasteiger partial charge on any atom is 0.231 e. The van der Waals surface area contributed by atoms with Crippen LogP contribution in [0.4, 0.5) is 15.8 Å². The van der Waals surface area contributed by atoms with Gasteiger partial charge in [0.15, 0.2) is 11.5 Å². The van der Waals surface area contributed by atoms with E-state index in [-0.39, 0.29) is 19.1 Å². The van der Waals surface area contributed by atoms with E-state index < -0.39 is 5.82 Å². The molecule has 108 valence electrons. The normalized spacial score (nSPS) is 12.2. The summed E-state index contributed by atoms with van der Waals surface area (Å²) in [6.45, 7) is 0.126. The lowest BCUT2D eigenvalue weighted by Crippen LogP contribution is -2.16. The SMILES string of the molecule is Nc1cc2c(cc1NC(=O)Cc1ccccc1F)OCO2. The number of fused-ring (bicyclic) bond motifs is 1. The predicted octanol–water partition coefficient (Wildman–Crippen LogP) is 2.32. The topological polar surface area (TPSA) is 73.6 Å². The molecular formula is C15H13FN2O3. The summed E-state index contributed by atoms with van der Waals surface area (Å²) >= 11 is 0. The Hall–Kier alpha value is -2.76. The Morgan fingerprint density at radius 2 is 1.95 bits per heavy atom. The molecule has 21 heavy (non-hydrogen) atoms. The van der Waals surface area contributed by atoms with Gasteiger partial charge in [-0.25, -0.2) is 4.39 Å². The van der Waals surface area contributed by atoms with E-state index >= 15 is 0 Å². The lowest BCUT2D eigenvalue weighted by atomic mass is 10.1. The molecular weight excluding hydrogens is 275 g/mol.